The van der Waals surface area contributed by atoms with Gasteiger partial charge < -0.3 is 15.3 Å². The molecule has 6 rings (SSSR count). The zero-order valence-corrected chi connectivity index (χ0v) is 17.5. The van der Waals surface area contributed by atoms with Gasteiger partial charge in [-0.15, -0.1) is 0 Å². The van der Waals surface area contributed by atoms with Crippen LogP contribution in [0.3, 0.4) is 0 Å². The first-order valence-electron chi connectivity index (χ1n) is 10.2. The van der Waals surface area contributed by atoms with Gasteiger partial charge in [-0.2, -0.15) is 0 Å². The van der Waals surface area contributed by atoms with Gasteiger partial charge in [0.05, 0.1) is 11.6 Å². The van der Waals surface area contributed by atoms with Gasteiger partial charge in [-0.05, 0) is 34.2 Å². The lowest BCUT2D eigenvalue weighted by Gasteiger charge is -2.30. The zero-order chi connectivity index (χ0) is 19.7. The molecule has 2 N–H and O–H groups in total. The number of carbonyl (C=O) groups excluding carboxylic acids is 1. The van der Waals surface area contributed by atoms with Crippen LogP contribution in [0.15, 0.2) is 47.0 Å². The number of fused-ring (bicyclic) bond motifs is 10. The number of aliphatic hydroxyl groups excluding tert-OH is 1. The van der Waals surface area contributed by atoms with Crippen molar-refractivity contribution in [2.75, 3.05) is 18.1 Å². The Morgan fingerprint density at radius 1 is 1.21 bits per heavy atom. The van der Waals surface area contributed by atoms with E-state index >= 15 is 0 Å². The van der Waals surface area contributed by atoms with Gasteiger partial charge in [0.1, 0.15) is 0 Å². The second kappa shape index (κ2) is 6.31. The predicted molar refractivity (Wildman–Crippen MR) is 118 cm³/mol. The Morgan fingerprint density at radius 3 is 2.93 bits per heavy atom. The summed E-state index contributed by atoms with van der Waals surface area (Å²) in [6.07, 6.45) is 8.25. The van der Waals surface area contributed by atoms with Crippen molar-refractivity contribution in [3.05, 3.63) is 74.8 Å². The molecule has 0 saturated carbocycles. The first-order chi connectivity index (χ1) is 14.2. The van der Waals surface area contributed by atoms with E-state index in [4.69, 9.17) is 0 Å². The van der Waals surface area contributed by atoms with Crippen LogP contribution >= 0.6 is 15.9 Å². The number of carbonyl (C=O) groups is 1. The lowest BCUT2D eigenvalue weighted by molar-refractivity contribution is 0.0966. The van der Waals surface area contributed by atoms with Crippen LogP contribution in [0.25, 0.3) is 11.1 Å². The van der Waals surface area contributed by atoms with Gasteiger partial charge in [0.2, 0.25) is 0 Å². The lowest BCUT2D eigenvalue weighted by Crippen LogP contribution is -2.34. The van der Waals surface area contributed by atoms with Crippen molar-refractivity contribution >= 4 is 27.5 Å². The largest absolute Gasteiger partial charge is 0.396 e. The van der Waals surface area contributed by atoms with Crippen molar-refractivity contribution in [3.63, 3.8) is 0 Å². The second-order valence-corrected chi connectivity index (χ2v) is 9.10. The van der Waals surface area contributed by atoms with Gasteiger partial charge in [-0.25, -0.2) is 0 Å². The van der Waals surface area contributed by atoms with Gasteiger partial charge >= 0.3 is 0 Å². The zero-order valence-electron chi connectivity index (χ0n) is 15.9. The molecule has 0 radical (unpaired) electrons. The number of allylic oxidation sites excluding steroid dienone is 2. The average molecular weight is 449 g/mol. The van der Waals surface area contributed by atoms with Crippen LogP contribution in [-0.4, -0.2) is 30.2 Å². The van der Waals surface area contributed by atoms with Crippen molar-refractivity contribution in [2.45, 2.75) is 31.3 Å². The number of anilines is 1. The maximum Gasteiger partial charge on any atom is 0.252 e. The molecule has 2 unspecified atom stereocenters. The number of aliphatic hydroxyl groups is 1. The Hall–Kier alpha value is -2.37. The molecular formula is C24H21BrN2O2. The number of nitrogens with one attached hydrogen (secondary N) is 1. The number of amides is 1. The highest BCUT2D eigenvalue weighted by Crippen LogP contribution is 2.56. The van der Waals surface area contributed by atoms with E-state index in [1.807, 2.05) is 0 Å². The molecule has 29 heavy (non-hydrogen) atoms. The van der Waals surface area contributed by atoms with E-state index in [0.717, 1.165) is 40.6 Å². The second-order valence-electron chi connectivity index (χ2n) is 8.18. The van der Waals surface area contributed by atoms with E-state index < -0.39 is 0 Å². The highest BCUT2D eigenvalue weighted by atomic mass is 79.9. The smallest absolute Gasteiger partial charge is 0.252 e. The van der Waals surface area contributed by atoms with Gasteiger partial charge in [-0.1, -0.05) is 58.4 Å². The summed E-state index contributed by atoms with van der Waals surface area (Å²) in [4.78, 5) is 15.4. The van der Waals surface area contributed by atoms with Crippen LogP contribution in [0.2, 0.25) is 0 Å². The molecule has 0 bridgehead atoms. The molecule has 2 aliphatic carbocycles. The first-order valence-corrected chi connectivity index (χ1v) is 11.0. The number of benzene rings is 2. The number of hydrogen-bond donors (Lipinski definition) is 2. The van der Waals surface area contributed by atoms with Crippen molar-refractivity contribution in [3.8, 4) is 11.1 Å². The van der Waals surface area contributed by atoms with Gasteiger partial charge in [0.25, 0.3) is 5.91 Å². The number of nitrogens with zero attached hydrogens (tertiary/aromatic N) is 1. The third-order valence-corrected chi connectivity index (χ3v) is 7.25. The van der Waals surface area contributed by atoms with E-state index in [1.54, 1.807) is 0 Å². The van der Waals surface area contributed by atoms with Crippen LogP contribution in [0.5, 0.6) is 0 Å². The Balaban J connectivity index is 1.67. The summed E-state index contributed by atoms with van der Waals surface area (Å²) in [7, 11) is 0. The molecule has 2 heterocycles. The molecule has 2 atom stereocenters. The van der Waals surface area contributed by atoms with Crippen LogP contribution < -0.4 is 10.2 Å². The molecule has 2 aromatic carbocycles. The third-order valence-electron chi connectivity index (χ3n) is 6.72. The minimum atomic E-state index is 0.0514. The molecule has 4 aliphatic rings. The van der Waals surface area contributed by atoms with Crippen molar-refractivity contribution in [1.82, 2.24) is 5.32 Å². The average Bonchev–Trinajstić information content (AvgIpc) is 3.37. The molecule has 0 aromatic heterocycles. The fourth-order valence-corrected chi connectivity index (χ4v) is 6.09. The Morgan fingerprint density at radius 2 is 2.07 bits per heavy atom. The lowest BCUT2D eigenvalue weighted by atomic mass is 9.84. The van der Waals surface area contributed by atoms with Crippen molar-refractivity contribution in [1.29, 1.82) is 0 Å². The molecule has 0 saturated heterocycles. The number of halogens is 1. The molecule has 5 heteroatoms. The monoisotopic (exact) mass is 448 g/mol. The molecular weight excluding hydrogens is 428 g/mol. The summed E-state index contributed by atoms with van der Waals surface area (Å²) < 4.78 is 1.09. The fourth-order valence-electron chi connectivity index (χ4n) is 5.66. The van der Waals surface area contributed by atoms with E-state index in [0.29, 0.717) is 6.54 Å². The normalized spacial score (nSPS) is 22.6. The maximum atomic E-state index is 12.9. The quantitative estimate of drug-likeness (QED) is 0.636. The SMILES string of the molecule is O=C1NCc2c1c1c(c3c2C2C=C(Br)C=CC2N3CCCO)Cc2ccccc2-1. The van der Waals surface area contributed by atoms with Gasteiger partial charge in [-0.3, -0.25) is 4.79 Å². The third kappa shape index (κ3) is 2.31. The predicted octanol–water partition coefficient (Wildman–Crippen LogP) is 4.00. The van der Waals surface area contributed by atoms with Crippen molar-refractivity contribution in [2.24, 2.45) is 0 Å². The summed E-state index contributed by atoms with van der Waals surface area (Å²) in [6, 6.07) is 8.70. The van der Waals surface area contributed by atoms with Crippen molar-refractivity contribution < 1.29 is 9.90 Å². The molecule has 4 nitrogen and oxygen atoms in total. The summed E-state index contributed by atoms with van der Waals surface area (Å²) >= 11 is 3.66. The minimum Gasteiger partial charge on any atom is -0.396 e. The maximum absolute atomic E-state index is 12.9. The summed E-state index contributed by atoms with van der Waals surface area (Å²) in [6.45, 7) is 1.58. The van der Waals surface area contributed by atoms with Crippen LogP contribution in [0.4, 0.5) is 5.69 Å². The first kappa shape index (κ1) is 17.5. The Bertz CT molecular complexity index is 1130. The molecule has 0 fully saturated rings. The Kier molecular flexibility index (Phi) is 3.81. The van der Waals surface area contributed by atoms with E-state index in [-0.39, 0.29) is 24.5 Å². The summed E-state index contributed by atoms with van der Waals surface area (Å²) in [5.74, 6) is 0.272. The van der Waals surface area contributed by atoms with Crippen LogP contribution in [0, 0.1) is 0 Å². The molecule has 146 valence electrons. The molecule has 2 aliphatic heterocycles. The topological polar surface area (TPSA) is 52.6 Å². The minimum absolute atomic E-state index is 0.0514. The van der Waals surface area contributed by atoms with Crippen LogP contribution in [0.1, 0.15) is 45.0 Å². The summed E-state index contributed by atoms with van der Waals surface area (Å²) in [5.41, 5.74) is 9.53. The van der Waals surface area contributed by atoms with Gasteiger partial charge in [0.15, 0.2) is 0 Å². The van der Waals surface area contributed by atoms with Gasteiger partial charge in [0, 0.05) is 47.8 Å². The number of rotatable bonds is 3. The standard InChI is InChI=1S/C24H21BrN2O2/c25-14-6-7-19-16(11-14)21-18-12-26-24(29)22(18)20-15-5-2-1-4-13(15)10-17(20)23(21)27(19)8-3-9-28/h1-2,4-7,11,16,19,28H,3,8-10,12H2,(H,26,29). The summed E-state index contributed by atoms with van der Waals surface area (Å²) in [5, 5.41) is 12.6. The van der Waals surface area contributed by atoms with E-state index in [1.165, 1.54) is 27.9 Å². The molecule has 1 amide bonds. The number of hydrogen-bond acceptors (Lipinski definition) is 3. The fraction of sp³-hybridized carbons (Fsp3) is 0.292. The highest BCUT2D eigenvalue weighted by Gasteiger charge is 2.45. The van der Waals surface area contributed by atoms with Crippen LogP contribution in [-0.2, 0) is 13.0 Å². The van der Waals surface area contributed by atoms with E-state index in [2.05, 4.69) is 68.6 Å². The molecule has 2 aromatic rings. The van der Waals surface area contributed by atoms with E-state index in [9.17, 15) is 9.90 Å². The molecule has 0 spiro atoms. The highest BCUT2D eigenvalue weighted by molar-refractivity contribution is 9.11. The Labute approximate surface area is 178 Å².